The smallest absolute Gasteiger partial charge is 0.00683 e. The van der Waals surface area contributed by atoms with Gasteiger partial charge in [0.05, 0.1) is 0 Å². The number of rotatable bonds is 6. The SMILES string of the molecule is CC(CN1CCC(CNC2CC2)C1)c1ccccc1. The van der Waals surface area contributed by atoms with Crippen molar-refractivity contribution in [2.24, 2.45) is 5.92 Å². The van der Waals surface area contributed by atoms with E-state index in [0.29, 0.717) is 5.92 Å². The predicted octanol–water partition coefficient (Wildman–Crippen LogP) is 2.86. The highest BCUT2D eigenvalue weighted by molar-refractivity contribution is 5.19. The minimum absolute atomic E-state index is 0.649. The van der Waals surface area contributed by atoms with E-state index in [1.54, 1.807) is 0 Å². The Hall–Kier alpha value is -0.860. The third-order valence-electron chi connectivity index (χ3n) is 4.54. The Balaban J connectivity index is 1.43. The van der Waals surface area contributed by atoms with Crippen molar-refractivity contribution in [2.75, 3.05) is 26.2 Å². The molecule has 1 aliphatic carbocycles. The van der Waals surface area contributed by atoms with Crippen LogP contribution in [-0.4, -0.2) is 37.1 Å². The van der Waals surface area contributed by atoms with Crippen molar-refractivity contribution >= 4 is 0 Å². The molecule has 1 aromatic carbocycles. The molecule has 1 saturated heterocycles. The van der Waals surface area contributed by atoms with E-state index in [2.05, 4.69) is 47.5 Å². The maximum Gasteiger partial charge on any atom is 0.00683 e. The lowest BCUT2D eigenvalue weighted by atomic mass is 10.0. The van der Waals surface area contributed by atoms with Crippen LogP contribution >= 0.6 is 0 Å². The number of benzene rings is 1. The van der Waals surface area contributed by atoms with Crippen molar-refractivity contribution in [2.45, 2.75) is 38.1 Å². The van der Waals surface area contributed by atoms with E-state index in [9.17, 15) is 0 Å². The van der Waals surface area contributed by atoms with Gasteiger partial charge in [0.15, 0.2) is 0 Å². The van der Waals surface area contributed by atoms with E-state index in [-0.39, 0.29) is 0 Å². The first-order valence-electron chi connectivity index (χ1n) is 7.82. The Morgan fingerprint density at radius 3 is 2.74 bits per heavy atom. The van der Waals surface area contributed by atoms with Gasteiger partial charge in [0.25, 0.3) is 0 Å². The second-order valence-corrected chi connectivity index (χ2v) is 6.41. The summed E-state index contributed by atoms with van der Waals surface area (Å²) in [5.41, 5.74) is 1.47. The summed E-state index contributed by atoms with van der Waals surface area (Å²) in [6.07, 6.45) is 4.18. The van der Waals surface area contributed by atoms with Crippen LogP contribution in [0.2, 0.25) is 0 Å². The highest BCUT2D eigenvalue weighted by atomic mass is 15.2. The summed E-state index contributed by atoms with van der Waals surface area (Å²) < 4.78 is 0. The molecule has 1 aromatic rings. The van der Waals surface area contributed by atoms with Crippen LogP contribution in [0.4, 0.5) is 0 Å². The molecule has 0 bridgehead atoms. The first-order chi connectivity index (χ1) is 9.31. The van der Waals surface area contributed by atoms with Crippen molar-refractivity contribution in [1.82, 2.24) is 10.2 Å². The summed E-state index contributed by atoms with van der Waals surface area (Å²) in [5, 5.41) is 3.68. The fourth-order valence-electron chi connectivity index (χ4n) is 3.14. The third kappa shape index (κ3) is 3.80. The molecule has 1 heterocycles. The molecule has 2 nitrogen and oxygen atoms in total. The maximum absolute atomic E-state index is 3.68. The van der Waals surface area contributed by atoms with Gasteiger partial charge in [-0.25, -0.2) is 0 Å². The Kier molecular flexibility index (Phi) is 4.19. The first-order valence-corrected chi connectivity index (χ1v) is 7.82. The van der Waals surface area contributed by atoms with Crippen LogP contribution in [0.3, 0.4) is 0 Å². The van der Waals surface area contributed by atoms with Gasteiger partial charge < -0.3 is 10.2 Å². The first kappa shape index (κ1) is 13.1. The van der Waals surface area contributed by atoms with Crippen LogP contribution in [0, 0.1) is 5.92 Å². The van der Waals surface area contributed by atoms with Crippen LogP contribution < -0.4 is 5.32 Å². The van der Waals surface area contributed by atoms with Crippen molar-refractivity contribution in [3.8, 4) is 0 Å². The zero-order chi connectivity index (χ0) is 13.1. The molecule has 2 unspecified atom stereocenters. The zero-order valence-electron chi connectivity index (χ0n) is 12.0. The molecule has 2 atom stereocenters. The second-order valence-electron chi connectivity index (χ2n) is 6.41. The second kappa shape index (κ2) is 6.06. The summed E-state index contributed by atoms with van der Waals surface area (Å²) in [4.78, 5) is 2.65. The Bertz CT molecular complexity index is 386. The molecule has 3 rings (SSSR count). The molecule has 1 saturated carbocycles. The van der Waals surface area contributed by atoms with Crippen LogP contribution in [0.25, 0.3) is 0 Å². The third-order valence-corrected chi connectivity index (χ3v) is 4.54. The Morgan fingerprint density at radius 2 is 2.00 bits per heavy atom. The molecule has 1 N–H and O–H groups in total. The molecule has 0 aromatic heterocycles. The van der Waals surface area contributed by atoms with Crippen molar-refractivity contribution < 1.29 is 0 Å². The zero-order valence-corrected chi connectivity index (χ0v) is 12.0. The number of nitrogens with one attached hydrogen (secondary N) is 1. The largest absolute Gasteiger partial charge is 0.314 e. The topological polar surface area (TPSA) is 15.3 Å². The summed E-state index contributed by atoms with van der Waals surface area (Å²) in [6.45, 7) is 7.38. The van der Waals surface area contributed by atoms with Crippen LogP contribution in [0.15, 0.2) is 30.3 Å². The van der Waals surface area contributed by atoms with E-state index in [1.807, 2.05) is 0 Å². The quantitative estimate of drug-likeness (QED) is 0.844. The fraction of sp³-hybridized carbons (Fsp3) is 0.647. The van der Waals surface area contributed by atoms with Gasteiger partial charge >= 0.3 is 0 Å². The van der Waals surface area contributed by atoms with E-state index in [4.69, 9.17) is 0 Å². The van der Waals surface area contributed by atoms with Crippen molar-refractivity contribution in [1.29, 1.82) is 0 Å². The number of nitrogens with zero attached hydrogens (tertiary/aromatic N) is 1. The van der Waals surface area contributed by atoms with E-state index < -0.39 is 0 Å². The molecule has 2 fully saturated rings. The van der Waals surface area contributed by atoms with Gasteiger partial charge in [0, 0.05) is 19.1 Å². The molecule has 0 spiro atoms. The molecule has 2 aliphatic rings. The van der Waals surface area contributed by atoms with Gasteiger partial charge in [0.1, 0.15) is 0 Å². The van der Waals surface area contributed by atoms with Gasteiger partial charge in [-0.15, -0.1) is 0 Å². The lowest BCUT2D eigenvalue weighted by Crippen LogP contribution is -2.29. The van der Waals surface area contributed by atoms with Crippen molar-refractivity contribution in [3.63, 3.8) is 0 Å². The van der Waals surface area contributed by atoms with Gasteiger partial charge in [0.2, 0.25) is 0 Å². The van der Waals surface area contributed by atoms with Crippen LogP contribution in [0.1, 0.15) is 37.7 Å². The average Bonchev–Trinajstić information content (AvgIpc) is 3.17. The highest BCUT2D eigenvalue weighted by Crippen LogP contribution is 2.23. The molecule has 2 heteroatoms. The lowest BCUT2D eigenvalue weighted by molar-refractivity contribution is 0.305. The Labute approximate surface area is 117 Å². The van der Waals surface area contributed by atoms with E-state index in [1.165, 1.54) is 51.0 Å². The van der Waals surface area contributed by atoms with Crippen molar-refractivity contribution in [3.05, 3.63) is 35.9 Å². The molecule has 104 valence electrons. The Morgan fingerprint density at radius 1 is 1.21 bits per heavy atom. The van der Waals surface area contributed by atoms with E-state index >= 15 is 0 Å². The minimum atomic E-state index is 0.649. The summed E-state index contributed by atoms with van der Waals surface area (Å²) in [5.74, 6) is 1.53. The summed E-state index contributed by atoms with van der Waals surface area (Å²) >= 11 is 0. The van der Waals surface area contributed by atoms with Crippen LogP contribution in [-0.2, 0) is 0 Å². The summed E-state index contributed by atoms with van der Waals surface area (Å²) in [6, 6.07) is 11.8. The number of likely N-dealkylation sites (tertiary alicyclic amines) is 1. The highest BCUT2D eigenvalue weighted by Gasteiger charge is 2.26. The van der Waals surface area contributed by atoms with Gasteiger partial charge in [-0.05, 0) is 49.8 Å². The standard InChI is InChI=1S/C17H26N2/c1-14(16-5-3-2-4-6-16)12-19-10-9-15(13-19)11-18-17-7-8-17/h2-6,14-15,17-18H,7-13H2,1H3. The monoisotopic (exact) mass is 258 g/mol. The average molecular weight is 258 g/mol. The normalized spacial score (nSPS) is 25.6. The summed E-state index contributed by atoms with van der Waals surface area (Å²) in [7, 11) is 0. The number of hydrogen-bond donors (Lipinski definition) is 1. The molecular weight excluding hydrogens is 232 g/mol. The lowest BCUT2D eigenvalue weighted by Gasteiger charge is -2.21. The molecular formula is C17H26N2. The number of hydrogen-bond acceptors (Lipinski definition) is 2. The van der Waals surface area contributed by atoms with Gasteiger partial charge in [-0.3, -0.25) is 0 Å². The minimum Gasteiger partial charge on any atom is -0.314 e. The fourth-order valence-corrected chi connectivity index (χ4v) is 3.14. The van der Waals surface area contributed by atoms with E-state index in [0.717, 1.165) is 12.0 Å². The molecule has 1 aliphatic heterocycles. The maximum atomic E-state index is 3.68. The predicted molar refractivity (Wildman–Crippen MR) is 80.4 cm³/mol. The van der Waals surface area contributed by atoms with Gasteiger partial charge in [-0.2, -0.15) is 0 Å². The van der Waals surface area contributed by atoms with Gasteiger partial charge in [-0.1, -0.05) is 37.3 Å². The molecule has 0 amide bonds. The molecule has 0 radical (unpaired) electrons. The molecule has 19 heavy (non-hydrogen) atoms. The van der Waals surface area contributed by atoms with Crippen LogP contribution in [0.5, 0.6) is 0 Å².